The molecule has 0 aliphatic heterocycles. The molecule has 0 radical (unpaired) electrons. The van der Waals surface area contributed by atoms with Gasteiger partial charge in [0.05, 0.1) is 6.42 Å². The molecule has 0 nitrogen and oxygen atoms in total. The average molecular weight is 206 g/mol. The number of benzene rings is 1. The first-order valence-electron chi connectivity index (χ1n) is 3.79. The lowest BCUT2D eigenvalue weighted by Gasteiger charge is -2.13. The fraction of sp³-hybridized carbons (Fsp3) is 0.333. The minimum atomic E-state index is -4.15. The van der Waals surface area contributed by atoms with Crippen LogP contribution < -0.4 is 0 Å². The molecule has 0 fully saturated rings. The number of alkyl halides is 3. The van der Waals surface area contributed by atoms with Crippen LogP contribution in [0.4, 0.5) is 13.2 Å². The van der Waals surface area contributed by atoms with Crippen molar-refractivity contribution in [3.63, 3.8) is 0 Å². The second-order valence-corrected chi connectivity index (χ2v) is 3.37. The van der Waals surface area contributed by atoms with E-state index in [0.717, 1.165) is 0 Å². The van der Waals surface area contributed by atoms with Gasteiger partial charge in [0.2, 0.25) is 0 Å². The van der Waals surface area contributed by atoms with Crippen molar-refractivity contribution in [1.29, 1.82) is 0 Å². The van der Waals surface area contributed by atoms with Gasteiger partial charge in [-0.2, -0.15) is 25.8 Å². The summed E-state index contributed by atoms with van der Waals surface area (Å²) >= 11 is 3.89. The fourth-order valence-electron chi connectivity index (χ4n) is 1.01. The number of rotatable bonds is 2. The molecule has 0 spiro atoms. The van der Waals surface area contributed by atoms with E-state index < -0.39 is 17.8 Å². The number of halogens is 3. The minimum absolute atomic E-state index is 0.600. The highest BCUT2D eigenvalue weighted by atomic mass is 32.1. The summed E-state index contributed by atoms with van der Waals surface area (Å²) in [5.74, 6) is 0. The molecule has 1 aromatic carbocycles. The first-order chi connectivity index (χ1) is 5.99. The second-order valence-electron chi connectivity index (χ2n) is 2.75. The van der Waals surface area contributed by atoms with E-state index in [0.29, 0.717) is 5.56 Å². The van der Waals surface area contributed by atoms with Gasteiger partial charge < -0.3 is 0 Å². The zero-order chi connectivity index (χ0) is 9.90. The summed E-state index contributed by atoms with van der Waals surface area (Å²) < 4.78 is 35.8. The number of thiol groups is 1. The van der Waals surface area contributed by atoms with Gasteiger partial charge in [0.15, 0.2) is 0 Å². The highest BCUT2D eigenvalue weighted by Crippen LogP contribution is 2.33. The van der Waals surface area contributed by atoms with E-state index in [4.69, 9.17) is 0 Å². The molecule has 0 saturated heterocycles. The van der Waals surface area contributed by atoms with E-state index in [1.54, 1.807) is 30.3 Å². The van der Waals surface area contributed by atoms with E-state index in [9.17, 15) is 13.2 Å². The molecule has 0 saturated carbocycles. The lowest BCUT2D eigenvalue weighted by atomic mass is 10.1. The van der Waals surface area contributed by atoms with Crippen molar-refractivity contribution in [2.24, 2.45) is 0 Å². The normalized spacial score (nSPS) is 14.2. The summed E-state index contributed by atoms with van der Waals surface area (Å²) in [5, 5.41) is -0.763. The smallest absolute Gasteiger partial charge is 0.171 e. The molecule has 0 aliphatic carbocycles. The second kappa shape index (κ2) is 4.05. The van der Waals surface area contributed by atoms with E-state index in [-0.39, 0.29) is 0 Å². The average Bonchev–Trinajstić information content (AvgIpc) is 2.03. The quantitative estimate of drug-likeness (QED) is 0.702. The molecule has 0 N–H and O–H groups in total. The van der Waals surface area contributed by atoms with Gasteiger partial charge in [-0.05, 0) is 5.56 Å². The van der Waals surface area contributed by atoms with Gasteiger partial charge in [-0.15, -0.1) is 0 Å². The van der Waals surface area contributed by atoms with Crippen LogP contribution in [0.15, 0.2) is 30.3 Å². The largest absolute Gasteiger partial charge is 0.390 e. The molecule has 1 rings (SSSR count). The lowest BCUT2D eigenvalue weighted by Crippen LogP contribution is -2.10. The Morgan fingerprint density at radius 1 is 1.15 bits per heavy atom. The Kier molecular flexibility index (Phi) is 3.25. The molecule has 0 aromatic heterocycles. The first-order valence-corrected chi connectivity index (χ1v) is 4.30. The standard InChI is InChI=1S/C9H9F3S/c10-9(11,12)6-8(13)7-4-2-1-3-5-7/h1-5,8,13H,6H2. The summed E-state index contributed by atoms with van der Waals surface area (Å²) in [6.07, 6.45) is -5.04. The van der Waals surface area contributed by atoms with Crippen molar-refractivity contribution < 1.29 is 13.2 Å². The predicted molar refractivity (Wildman–Crippen MR) is 48.8 cm³/mol. The van der Waals surface area contributed by atoms with Crippen LogP contribution in [0.5, 0.6) is 0 Å². The van der Waals surface area contributed by atoms with Gasteiger partial charge >= 0.3 is 6.18 Å². The Balaban J connectivity index is 2.64. The van der Waals surface area contributed by atoms with Gasteiger partial charge in [0.1, 0.15) is 0 Å². The third kappa shape index (κ3) is 3.72. The Hall–Kier alpha value is -0.640. The molecule has 0 heterocycles. The van der Waals surface area contributed by atoms with Gasteiger partial charge in [-0.1, -0.05) is 30.3 Å². The molecule has 72 valence electrons. The molecule has 1 aromatic rings. The molecule has 0 bridgehead atoms. The van der Waals surface area contributed by atoms with Crippen LogP contribution in [0.25, 0.3) is 0 Å². The zero-order valence-electron chi connectivity index (χ0n) is 6.75. The zero-order valence-corrected chi connectivity index (χ0v) is 7.65. The number of hydrogen-bond acceptors (Lipinski definition) is 1. The summed E-state index contributed by atoms with van der Waals surface area (Å²) in [6, 6.07) is 8.45. The third-order valence-electron chi connectivity index (χ3n) is 1.61. The molecule has 1 atom stereocenters. The van der Waals surface area contributed by atoms with Gasteiger partial charge in [0, 0.05) is 5.25 Å². The lowest BCUT2D eigenvalue weighted by molar-refractivity contribution is -0.134. The van der Waals surface area contributed by atoms with E-state index >= 15 is 0 Å². The van der Waals surface area contributed by atoms with Crippen molar-refractivity contribution in [2.75, 3.05) is 0 Å². The van der Waals surface area contributed by atoms with Crippen molar-refractivity contribution in [3.8, 4) is 0 Å². The molecule has 13 heavy (non-hydrogen) atoms. The molecular formula is C9H9F3S. The molecule has 1 unspecified atom stereocenters. The Morgan fingerprint density at radius 2 is 1.69 bits per heavy atom. The van der Waals surface area contributed by atoms with Crippen LogP contribution >= 0.6 is 12.6 Å². The topological polar surface area (TPSA) is 0 Å². The summed E-state index contributed by atoms with van der Waals surface area (Å²) in [7, 11) is 0. The van der Waals surface area contributed by atoms with Crippen molar-refractivity contribution in [2.45, 2.75) is 17.8 Å². The maximum Gasteiger partial charge on any atom is 0.390 e. The van der Waals surface area contributed by atoms with Crippen LogP contribution in [0.2, 0.25) is 0 Å². The Bertz CT molecular complexity index is 255. The van der Waals surface area contributed by atoms with Crippen molar-refractivity contribution in [3.05, 3.63) is 35.9 Å². The SMILES string of the molecule is FC(F)(F)CC(S)c1ccccc1. The first kappa shape index (κ1) is 10.4. The Morgan fingerprint density at radius 3 is 2.15 bits per heavy atom. The highest BCUT2D eigenvalue weighted by Gasteiger charge is 2.30. The summed E-state index contributed by atoms with van der Waals surface area (Å²) in [5.41, 5.74) is 0.600. The van der Waals surface area contributed by atoms with Gasteiger partial charge in [-0.25, -0.2) is 0 Å². The molecule has 4 heteroatoms. The number of hydrogen-bond donors (Lipinski definition) is 1. The highest BCUT2D eigenvalue weighted by molar-refractivity contribution is 7.80. The molecule has 0 amide bonds. The van der Waals surface area contributed by atoms with Crippen LogP contribution in [0.1, 0.15) is 17.2 Å². The summed E-state index contributed by atoms with van der Waals surface area (Å²) in [6.45, 7) is 0. The van der Waals surface area contributed by atoms with Crippen LogP contribution in [-0.2, 0) is 0 Å². The predicted octanol–water partition coefficient (Wildman–Crippen LogP) is 3.61. The van der Waals surface area contributed by atoms with Crippen molar-refractivity contribution >= 4 is 12.6 Å². The van der Waals surface area contributed by atoms with Crippen LogP contribution in [0, 0.1) is 0 Å². The van der Waals surface area contributed by atoms with Gasteiger partial charge in [0.25, 0.3) is 0 Å². The maximum atomic E-state index is 11.9. The molecule has 0 aliphatic rings. The van der Waals surface area contributed by atoms with E-state index in [1.807, 2.05) is 0 Å². The monoisotopic (exact) mass is 206 g/mol. The van der Waals surface area contributed by atoms with Crippen LogP contribution in [-0.4, -0.2) is 6.18 Å². The van der Waals surface area contributed by atoms with Gasteiger partial charge in [-0.3, -0.25) is 0 Å². The fourth-order valence-corrected chi connectivity index (χ4v) is 1.39. The summed E-state index contributed by atoms with van der Waals surface area (Å²) in [4.78, 5) is 0. The van der Waals surface area contributed by atoms with Crippen LogP contribution in [0.3, 0.4) is 0 Å². The van der Waals surface area contributed by atoms with E-state index in [1.165, 1.54) is 0 Å². The van der Waals surface area contributed by atoms with E-state index in [2.05, 4.69) is 12.6 Å². The van der Waals surface area contributed by atoms with Crippen molar-refractivity contribution in [1.82, 2.24) is 0 Å². The third-order valence-corrected chi connectivity index (χ3v) is 2.09. The maximum absolute atomic E-state index is 11.9. The molecular weight excluding hydrogens is 197 g/mol. The minimum Gasteiger partial charge on any atom is -0.171 e. The Labute approximate surface area is 80.2 Å².